The molecule has 0 aliphatic carbocycles. The first-order valence-corrected chi connectivity index (χ1v) is 9.19. The maximum atomic E-state index is 12.8. The van der Waals surface area contributed by atoms with E-state index in [0.29, 0.717) is 36.7 Å². The van der Waals surface area contributed by atoms with Crippen molar-refractivity contribution in [3.8, 4) is 0 Å². The third-order valence-corrected chi connectivity index (χ3v) is 5.91. The Morgan fingerprint density at radius 3 is 2.17 bits per heavy atom. The number of rotatable bonds is 9. The van der Waals surface area contributed by atoms with Gasteiger partial charge in [0.2, 0.25) is 7.37 Å². The van der Waals surface area contributed by atoms with E-state index in [1.807, 2.05) is 13.8 Å². The SMILES string of the molecule is CCCP(=O)(OCC)C(CC)=C(CC)O[P+](=O)O. The maximum absolute atomic E-state index is 12.8. The minimum Gasteiger partial charge on any atom is -0.326 e. The van der Waals surface area contributed by atoms with Crippen molar-refractivity contribution in [2.24, 2.45) is 0 Å². The van der Waals surface area contributed by atoms with Crippen LogP contribution in [0, 0.1) is 0 Å². The van der Waals surface area contributed by atoms with Crippen molar-refractivity contribution < 1.29 is 23.1 Å². The summed E-state index contributed by atoms with van der Waals surface area (Å²) in [6.07, 6.45) is 2.07. The molecule has 0 radical (unpaired) electrons. The van der Waals surface area contributed by atoms with Crippen LogP contribution in [0.4, 0.5) is 0 Å². The van der Waals surface area contributed by atoms with Gasteiger partial charge in [0.05, 0.1) is 11.9 Å². The molecular weight excluding hydrogens is 274 g/mol. The van der Waals surface area contributed by atoms with Crippen molar-refractivity contribution in [3.05, 3.63) is 11.1 Å². The van der Waals surface area contributed by atoms with Gasteiger partial charge in [-0.15, -0.1) is 4.89 Å². The molecule has 106 valence electrons. The maximum Gasteiger partial charge on any atom is 0.747 e. The fraction of sp³-hybridized carbons (Fsp3) is 0.818. The quantitative estimate of drug-likeness (QED) is 0.504. The topological polar surface area (TPSA) is 72.8 Å². The second kappa shape index (κ2) is 8.82. The van der Waals surface area contributed by atoms with E-state index in [1.165, 1.54) is 0 Å². The summed E-state index contributed by atoms with van der Waals surface area (Å²) in [6, 6.07) is 0. The lowest BCUT2D eigenvalue weighted by molar-refractivity contribution is 0.326. The Hall–Kier alpha value is -0.210. The van der Waals surface area contributed by atoms with Gasteiger partial charge in [0.15, 0.2) is 5.76 Å². The van der Waals surface area contributed by atoms with Gasteiger partial charge >= 0.3 is 8.25 Å². The minimum absolute atomic E-state index is 0.325. The van der Waals surface area contributed by atoms with E-state index in [9.17, 15) is 9.13 Å². The average molecular weight is 297 g/mol. The first kappa shape index (κ1) is 17.8. The number of allylic oxidation sites excluding steroid dienone is 2. The van der Waals surface area contributed by atoms with Gasteiger partial charge in [0.1, 0.15) is 0 Å². The van der Waals surface area contributed by atoms with Gasteiger partial charge in [-0.05, 0) is 19.8 Å². The van der Waals surface area contributed by atoms with Gasteiger partial charge in [-0.1, -0.05) is 20.8 Å². The van der Waals surface area contributed by atoms with E-state index < -0.39 is 15.6 Å². The Balaban J connectivity index is 5.49. The van der Waals surface area contributed by atoms with Crippen LogP contribution in [-0.4, -0.2) is 17.7 Å². The highest BCUT2D eigenvalue weighted by Crippen LogP contribution is 2.58. The molecule has 0 fully saturated rings. The fourth-order valence-corrected chi connectivity index (χ4v) is 4.95. The molecule has 0 rings (SSSR count). The molecule has 0 saturated carbocycles. The van der Waals surface area contributed by atoms with E-state index in [2.05, 4.69) is 0 Å². The zero-order valence-corrected chi connectivity index (χ0v) is 13.3. The van der Waals surface area contributed by atoms with Gasteiger partial charge in [-0.2, -0.15) is 0 Å². The van der Waals surface area contributed by atoms with Crippen molar-refractivity contribution in [1.82, 2.24) is 0 Å². The molecule has 5 nitrogen and oxygen atoms in total. The summed E-state index contributed by atoms with van der Waals surface area (Å²) in [5, 5.41) is 0.547. The van der Waals surface area contributed by atoms with E-state index in [0.717, 1.165) is 6.42 Å². The molecule has 0 heterocycles. The molecule has 0 spiro atoms. The van der Waals surface area contributed by atoms with Gasteiger partial charge in [-0.3, -0.25) is 4.57 Å². The molecule has 0 aliphatic rings. The molecule has 18 heavy (non-hydrogen) atoms. The number of hydrogen-bond acceptors (Lipinski definition) is 4. The predicted octanol–water partition coefficient (Wildman–Crippen LogP) is 4.41. The Bertz CT molecular complexity index is 341. The summed E-state index contributed by atoms with van der Waals surface area (Å²) < 4.78 is 33.9. The van der Waals surface area contributed by atoms with Crippen molar-refractivity contribution in [2.75, 3.05) is 12.8 Å². The molecule has 1 N–H and O–H groups in total. The third kappa shape index (κ3) is 5.19. The van der Waals surface area contributed by atoms with Crippen LogP contribution in [0.2, 0.25) is 0 Å². The standard InChI is InChI=1S/C11H22O5P2/c1-5-9-18(14,15-8-4)11(7-3)10(6-2)16-17(12)13/h5-9H2,1-4H3/p+1. The van der Waals surface area contributed by atoms with E-state index >= 15 is 0 Å². The molecule has 0 aliphatic heterocycles. The van der Waals surface area contributed by atoms with Crippen LogP contribution >= 0.6 is 15.6 Å². The molecule has 7 heteroatoms. The fourth-order valence-electron chi connectivity index (χ4n) is 1.82. The molecule has 0 aromatic carbocycles. The molecule has 0 saturated heterocycles. The smallest absolute Gasteiger partial charge is 0.326 e. The van der Waals surface area contributed by atoms with Gasteiger partial charge in [0, 0.05) is 17.1 Å². The van der Waals surface area contributed by atoms with Crippen LogP contribution in [0.15, 0.2) is 11.1 Å². The zero-order chi connectivity index (χ0) is 14.2. The highest BCUT2D eigenvalue weighted by atomic mass is 31.2. The Morgan fingerprint density at radius 2 is 1.83 bits per heavy atom. The summed E-state index contributed by atoms with van der Waals surface area (Å²) in [4.78, 5) is 8.85. The van der Waals surface area contributed by atoms with Crippen LogP contribution in [0.5, 0.6) is 0 Å². The van der Waals surface area contributed by atoms with Crippen molar-refractivity contribution in [2.45, 2.75) is 47.0 Å². The number of hydrogen-bond donors (Lipinski definition) is 1. The third-order valence-electron chi connectivity index (χ3n) is 2.43. The Labute approximate surface area is 110 Å². The second-order valence-corrected chi connectivity index (χ2v) is 6.97. The van der Waals surface area contributed by atoms with Gasteiger partial charge in [-0.25, -0.2) is 4.52 Å². The first-order chi connectivity index (χ1) is 8.45. The van der Waals surface area contributed by atoms with Crippen LogP contribution in [0.3, 0.4) is 0 Å². The van der Waals surface area contributed by atoms with Crippen LogP contribution in [-0.2, 0) is 18.2 Å². The minimum atomic E-state index is -2.94. The van der Waals surface area contributed by atoms with E-state index in [4.69, 9.17) is 13.9 Å². The van der Waals surface area contributed by atoms with Crippen molar-refractivity contribution >= 4 is 15.6 Å². The lowest BCUT2D eigenvalue weighted by atomic mass is 10.3. The van der Waals surface area contributed by atoms with E-state index in [-0.39, 0.29) is 0 Å². The van der Waals surface area contributed by atoms with Crippen molar-refractivity contribution in [1.29, 1.82) is 0 Å². The van der Waals surface area contributed by atoms with Gasteiger partial charge < -0.3 is 4.52 Å². The van der Waals surface area contributed by atoms with E-state index in [1.54, 1.807) is 13.8 Å². The lowest BCUT2D eigenvalue weighted by Gasteiger charge is -2.20. The molecule has 0 aromatic heterocycles. The predicted molar refractivity (Wildman–Crippen MR) is 72.9 cm³/mol. The Morgan fingerprint density at radius 1 is 1.22 bits per heavy atom. The highest BCUT2D eigenvalue weighted by molar-refractivity contribution is 7.63. The molecular formula is C11H23O5P2+. The molecule has 0 amide bonds. The molecule has 2 atom stereocenters. The molecule has 0 bridgehead atoms. The summed E-state index contributed by atoms with van der Waals surface area (Å²) in [5.74, 6) is 0.325. The summed E-state index contributed by atoms with van der Waals surface area (Å²) in [7, 11) is -5.68. The zero-order valence-electron chi connectivity index (χ0n) is 11.5. The van der Waals surface area contributed by atoms with Crippen LogP contribution in [0.1, 0.15) is 47.0 Å². The lowest BCUT2D eigenvalue weighted by Crippen LogP contribution is -2.02. The first-order valence-electron chi connectivity index (χ1n) is 6.25. The monoisotopic (exact) mass is 297 g/mol. The Kier molecular flexibility index (Phi) is 8.71. The summed E-state index contributed by atoms with van der Waals surface area (Å²) in [5.41, 5.74) is 0. The second-order valence-electron chi connectivity index (χ2n) is 3.72. The normalized spacial score (nSPS) is 16.8. The van der Waals surface area contributed by atoms with Gasteiger partial charge in [0.25, 0.3) is 0 Å². The summed E-state index contributed by atoms with van der Waals surface area (Å²) >= 11 is 0. The molecule has 2 unspecified atom stereocenters. The highest BCUT2D eigenvalue weighted by Gasteiger charge is 2.32. The molecule has 0 aromatic rings. The van der Waals surface area contributed by atoms with Crippen molar-refractivity contribution in [3.63, 3.8) is 0 Å². The van der Waals surface area contributed by atoms with Crippen LogP contribution < -0.4 is 0 Å². The summed E-state index contributed by atoms with van der Waals surface area (Å²) in [6.45, 7) is 7.71. The van der Waals surface area contributed by atoms with Crippen LogP contribution in [0.25, 0.3) is 0 Å². The largest absolute Gasteiger partial charge is 0.747 e. The average Bonchev–Trinajstić information content (AvgIpc) is 2.28.